The maximum Gasteiger partial charge on any atom is 0.226 e. The first kappa shape index (κ1) is 19.6. The van der Waals surface area contributed by atoms with Crippen LogP contribution in [0.15, 0.2) is 70.3 Å². The van der Waals surface area contributed by atoms with Gasteiger partial charge in [0.15, 0.2) is 5.96 Å². The molecule has 0 radical (unpaired) electrons. The third kappa shape index (κ3) is 5.69. The monoisotopic (exact) mass is 378 g/mol. The van der Waals surface area contributed by atoms with E-state index in [0.29, 0.717) is 25.6 Å². The Bertz CT molecular complexity index is 873. The van der Waals surface area contributed by atoms with Gasteiger partial charge >= 0.3 is 0 Å². The molecule has 0 atom stereocenters. The normalized spacial score (nSPS) is 11.4. The molecule has 6 heteroatoms. The first-order valence-corrected chi connectivity index (χ1v) is 9.37. The van der Waals surface area contributed by atoms with Gasteiger partial charge < -0.3 is 19.8 Å². The number of benzene rings is 2. The number of methoxy groups -OCH3 is 1. The van der Waals surface area contributed by atoms with Crippen LogP contribution in [0.3, 0.4) is 0 Å². The highest BCUT2D eigenvalue weighted by Gasteiger charge is 2.07. The summed E-state index contributed by atoms with van der Waals surface area (Å²) in [7, 11) is 1.70. The SMILES string of the molecule is CCNC(=NCc1ccc(COC)cc1)NCc1coc(-c2ccccc2)n1. The molecule has 1 aromatic heterocycles. The Morgan fingerprint density at radius 2 is 1.79 bits per heavy atom. The van der Waals surface area contributed by atoms with Gasteiger partial charge in [-0.3, -0.25) is 0 Å². The molecule has 2 aromatic carbocycles. The quantitative estimate of drug-likeness (QED) is 0.461. The van der Waals surface area contributed by atoms with E-state index in [1.165, 1.54) is 0 Å². The summed E-state index contributed by atoms with van der Waals surface area (Å²) < 4.78 is 10.7. The highest BCUT2D eigenvalue weighted by molar-refractivity contribution is 5.79. The first-order valence-electron chi connectivity index (χ1n) is 9.37. The summed E-state index contributed by atoms with van der Waals surface area (Å²) in [5.74, 6) is 1.36. The fourth-order valence-corrected chi connectivity index (χ4v) is 2.70. The molecule has 146 valence electrons. The van der Waals surface area contributed by atoms with Crippen molar-refractivity contribution in [3.05, 3.63) is 77.7 Å². The lowest BCUT2D eigenvalue weighted by Crippen LogP contribution is -2.36. The topological polar surface area (TPSA) is 71.7 Å². The van der Waals surface area contributed by atoms with Crippen molar-refractivity contribution in [2.45, 2.75) is 26.6 Å². The van der Waals surface area contributed by atoms with E-state index in [1.54, 1.807) is 13.4 Å². The Morgan fingerprint density at radius 1 is 1.04 bits per heavy atom. The Labute approximate surface area is 165 Å². The van der Waals surface area contributed by atoms with Crippen LogP contribution in [-0.2, 0) is 24.4 Å². The summed E-state index contributed by atoms with van der Waals surface area (Å²) in [6.07, 6.45) is 1.67. The smallest absolute Gasteiger partial charge is 0.226 e. The third-order valence-corrected chi connectivity index (χ3v) is 4.11. The van der Waals surface area contributed by atoms with Gasteiger partial charge in [-0.25, -0.2) is 9.98 Å². The number of aromatic nitrogens is 1. The van der Waals surface area contributed by atoms with Crippen LogP contribution in [0.25, 0.3) is 11.5 Å². The standard InChI is InChI=1S/C22H26N4O2/c1-3-23-22(24-13-17-9-11-18(12-10-17)15-27-2)25-14-20-16-28-21(26-20)19-7-5-4-6-8-19/h4-12,16H,3,13-15H2,1-2H3,(H2,23,24,25). The number of guanidine groups is 1. The molecule has 0 saturated heterocycles. The third-order valence-electron chi connectivity index (χ3n) is 4.11. The second kappa shape index (κ2) is 10.3. The minimum absolute atomic E-state index is 0.537. The Kier molecular flexibility index (Phi) is 7.21. The largest absolute Gasteiger partial charge is 0.444 e. The van der Waals surface area contributed by atoms with Crippen LogP contribution in [-0.4, -0.2) is 24.6 Å². The van der Waals surface area contributed by atoms with E-state index in [1.807, 2.05) is 37.3 Å². The van der Waals surface area contributed by atoms with Crippen molar-refractivity contribution in [2.24, 2.45) is 4.99 Å². The molecule has 28 heavy (non-hydrogen) atoms. The fraction of sp³-hybridized carbons (Fsp3) is 0.273. The average molecular weight is 378 g/mol. The molecule has 0 unspecified atom stereocenters. The van der Waals surface area contributed by atoms with Gasteiger partial charge in [-0.15, -0.1) is 0 Å². The summed E-state index contributed by atoms with van der Waals surface area (Å²) >= 11 is 0. The summed E-state index contributed by atoms with van der Waals surface area (Å²) in [6, 6.07) is 18.1. The first-order chi connectivity index (χ1) is 13.8. The van der Waals surface area contributed by atoms with Crippen molar-refractivity contribution < 1.29 is 9.15 Å². The Hall–Kier alpha value is -3.12. The number of rotatable bonds is 8. The van der Waals surface area contributed by atoms with Gasteiger partial charge in [0.1, 0.15) is 6.26 Å². The van der Waals surface area contributed by atoms with E-state index in [4.69, 9.17) is 9.15 Å². The summed E-state index contributed by atoms with van der Waals surface area (Å²) in [4.78, 5) is 9.18. The van der Waals surface area contributed by atoms with Crippen molar-refractivity contribution in [3.63, 3.8) is 0 Å². The van der Waals surface area contributed by atoms with Crippen LogP contribution in [0.4, 0.5) is 0 Å². The Balaban J connectivity index is 1.58. The lowest BCUT2D eigenvalue weighted by atomic mass is 10.1. The molecule has 0 aliphatic heterocycles. The van der Waals surface area contributed by atoms with Crippen molar-refractivity contribution in [3.8, 4) is 11.5 Å². The van der Waals surface area contributed by atoms with Crippen molar-refractivity contribution >= 4 is 5.96 Å². The van der Waals surface area contributed by atoms with Gasteiger partial charge in [0.2, 0.25) is 5.89 Å². The molecule has 0 aliphatic carbocycles. The number of hydrogen-bond acceptors (Lipinski definition) is 4. The van der Waals surface area contributed by atoms with Gasteiger partial charge in [0, 0.05) is 19.2 Å². The molecule has 0 fully saturated rings. The molecule has 3 rings (SSSR count). The van der Waals surface area contributed by atoms with E-state index in [0.717, 1.165) is 34.9 Å². The minimum Gasteiger partial charge on any atom is -0.444 e. The number of aliphatic imine (C=N–C) groups is 1. The molecule has 2 N–H and O–H groups in total. The predicted molar refractivity (Wildman–Crippen MR) is 111 cm³/mol. The molecule has 3 aromatic rings. The summed E-state index contributed by atoms with van der Waals surface area (Å²) in [5, 5.41) is 6.55. The maximum atomic E-state index is 5.58. The van der Waals surface area contributed by atoms with Gasteiger partial charge in [0.25, 0.3) is 0 Å². The predicted octanol–water partition coefficient (Wildman–Crippen LogP) is 3.74. The average Bonchev–Trinajstić information content (AvgIpc) is 3.21. The summed E-state index contributed by atoms with van der Waals surface area (Å²) in [6.45, 7) is 4.58. The highest BCUT2D eigenvalue weighted by Crippen LogP contribution is 2.17. The number of ether oxygens (including phenoxy) is 1. The Morgan fingerprint density at radius 3 is 2.50 bits per heavy atom. The zero-order chi connectivity index (χ0) is 19.6. The van der Waals surface area contributed by atoms with E-state index >= 15 is 0 Å². The molecule has 1 heterocycles. The molecular formula is C22H26N4O2. The lowest BCUT2D eigenvalue weighted by molar-refractivity contribution is 0.185. The molecule has 6 nitrogen and oxygen atoms in total. The maximum absolute atomic E-state index is 5.58. The fourth-order valence-electron chi connectivity index (χ4n) is 2.70. The molecule has 0 aliphatic rings. The molecular weight excluding hydrogens is 352 g/mol. The molecule has 0 bridgehead atoms. The lowest BCUT2D eigenvalue weighted by Gasteiger charge is -2.10. The number of nitrogens with zero attached hydrogens (tertiary/aromatic N) is 2. The molecule has 0 amide bonds. The molecule has 0 saturated carbocycles. The van der Waals surface area contributed by atoms with Crippen LogP contribution < -0.4 is 10.6 Å². The van der Waals surface area contributed by atoms with Gasteiger partial charge in [-0.05, 0) is 30.2 Å². The van der Waals surface area contributed by atoms with Crippen LogP contribution in [0.1, 0.15) is 23.7 Å². The zero-order valence-corrected chi connectivity index (χ0v) is 16.3. The van der Waals surface area contributed by atoms with Crippen LogP contribution in [0.2, 0.25) is 0 Å². The molecule has 0 spiro atoms. The van der Waals surface area contributed by atoms with Gasteiger partial charge in [-0.2, -0.15) is 0 Å². The van der Waals surface area contributed by atoms with Gasteiger partial charge in [0.05, 0.1) is 25.4 Å². The van der Waals surface area contributed by atoms with E-state index in [9.17, 15) is 0 Å². The zero-order valence-electron chi connectivity index (χ0n) is 16.3. The summed E-state index contributed by atoms with van der Waals surface area (Å²) in [5.41, 5.74) is 4.09. The number of oxazole rings is 1. The number of nitrogens with one attached hydrogen (secondary N) is 2. The minimum atomic E-state index is 0.537. The van der Waals surface area contributed by atoms with Crippen LogP contribution in [0, 0.1) is 0 Å². The van der Waals surface area contributed by atoms with Crippen molar-refractivity contribution in [2.75, 3.05) is 13.7 Å². The number of hydrogen-bond donors (Lipinski definition) is 2. The van der Waals surface area contributed by atoms with Crippen LogP contribution >= 0.6 is 0 Å². The van der Waals surface area contributed by atoms with Crippen molar-refractivity contribution in [1.82, 2.24) is 15.6 Å². The van der Waals surface area contributed by atoms with E-state index < -0.39 is 0 Å². The second-order valence-electron chi connectivity index (χ2n) is 6.31. The van der Waals surface area contributed by atoms with E-state index in [2.05, 4.69) is 44.9 Å². The van der Waals surface area contributed by atoms with E-state index in [-0.39, 0.29) is 0 Å². The second-order valence-corrected chi connectivity index (χ2v) is 6.31. The van der Waals surface area contributed by atoms with Gasteiger partial charge in [-0.1, -0.05) is 42.5 Å². The van der Waals surface area contributed by atoms with Crippen molar-refractivity contribution in [1.29, 1.82) is 0 Å². The highest BCUT2D eigenvalue weighted by atomic mass is 16.5. The van der Waals surface area contributed by atoms with Crippen LogP contribution in [0.5, 0.6) is 0 Å².